The SMILES string of the molecule is O=C1Nc2ccc(F)c(F)c2CN1CC(=O)N1C[C@@H]2C[C@H]1C=C2c1cnn(C(F)F)c1. The average molecular weight is 435 g/mol. The smallest absolute Gasteiger partial charge is 0.333 e. The first kappa shape index (κ1) is 19.6. The van der Waals surface area contributed by atoms with Gasteiger partial charge in [0.15, 0.2) is 11.6 Å². The molecule has 2 aliphatic heterocycles. The molecule has 31 heavy (non-hydrogen) atoms. The number of hydrogen-bond donors (Lipinski definition) is 1. The number of carbonyl (C=O) groups excluding carboxylic acids is 2. The number of rotatable bonds is 4. The number of fused-ring (bicyclic) bond motifs is 3. The van der Waals surface area contributed by atoms with Gasteiger partial charge in [-0.25, -0.2) is 18.3 Å². The highest BCUT2D eigenvalue weighted by molar-refractivity contribution is 5.95. The van der Waals surface area contributed by atoms with Gasteiger partial charge in [0.05, 0.1) is 24.5 Å². The molecule has 11 heteroatoms. The van der Waals surface area contributed by atoms with E-state index in [0.717, 1.165) is 16.5 Å². The first-order chi connectivity index (χ1) is 14.8. The standard InChI is InChI=1S/C20H17F4N5O2/c21-15-1-2-16-14(18(15)22)8-27(20(31)26-16)9-17(30)28-6-10-3-12(28)4-13(10)11-5-25-29(7-11)19(23)24/h1-2,4-5,7,10,12,19H,3,6,8-9H2,(H,26,31)/t10-,12-/m0/s1. The molecule has 7 nitrogen and oxygen atoms in total. The van der Waals surface area contributed by atoms with E-state index in [4.69, 9.17) is 0 Å². The maximum atomic E-state index is 14.1. The van der Waals surface area contributed by atoms with Crippen LogP contribution in [-0.2, 0) is 11.3 Å². The molecule has 1 N–H and O–H groups in total. The Morgan fingerprint density at radius 3 is 2.77 bits per heavy atom. The normalized spacial score (nSPS) is 22.1. The number of nitrogens with one attached hydrogen (secondary N) is 1. The van der Waals surface area contributed by atoms with E-state index in [1.54, 1.807) is 4.90 Å². The van der Waals surface area contributed by atoms with Crippen LogP contribution in [0, 0.1) is 17.6 Å². The maximum absolute atomic E-state index is 14.1. The summed E-state index contributed by atoms with van der Waals surface area (Å²) < 4.78 is 53.7. The fraction of sp³-hybridized carbons (Fsp3) is 0.350. The minimum Gasteiger partial charge on any atom is -0.334 e. The van der Waals surface area contributed by atoms with Crippen molar-refractivity contribution in [1.82, 2.24) is 19.6 Å². The monoisotopic (exact) mass is 435 g/mol. The van der Waals surface area contributed by atoms with E-state index >= 15 is 0 Å². The van der Waals surface area contributed by atoms with Gasteiger partial charge in [-0.15, -0.1) is 0 Å². The van der Waals surface area contributed by atoms with Gasteiger partial charge in [-0.2, -0.15) is 13.9 Å². The second kappa shape index (κ2) is 7.10. The summed E-state index contributed by atoms with van der Waals surface area (Å²) in [7, 11) is 0. The molecule has 2 aromatic rings. The molecule has 1 saturated heterocycles. The molecule has 2 atom stereocenters. The summed E-state index contributed by atoms with van der Waals surface area (Å²) in [5.41, 5.74) is 1.66. The summed E-state index contributed by atoms with van der Waals surface area (Å²) in [4.78, 5) is 27.9. The van der Waals surface area contributed by atoms with Crippen molar-refractivity contribution < 1.29 is 27.2 Å². The Balaban J connectivity index is 1.28. The molecule has 2 bridgehead atoms. The largest absolute Gasteiger partial charge is 0.334 e. The number of carbonyl (C=O) groups is 2. The number of amides is 3. The minimum atomic E-state index is -2.72. The van der Waals surface area contributed by atoms with Gasteiger partial charge in [0.2, 0.25) is 5.91 Å². The highest BCUT2D eigenvalue weighted by atomic mass is 19.3. The summed E-state index contributed by atoms with van der Waals surface area (Å²) in [6, 6.07) is 1.45. The summed E-state index contributed by atoms with van der Waals surface area (Å²) in [6.45, 7) is -2.82. The highest BCUT2D eigenvalue weighted by Crippen LogP contribution is 2.42. The molecule has 5 rings (SSSR count). The van der Waals surface area contributed by atoms with Crippen molar-refractivity contribution in [3.63, 3.8) is 0 Å². The molecule has 3 aliphatic rings. The van der Waals surface area contributed by atoms with Gasteiger partial charge in [-0.1, -0.05) is 6.08 Å². The van der Waals surface area contributed by atoms with Gasteiger partial charge >= 0.3 is 12.6 Å². The van der Waals surface area contributed by atoms with Crippen LogP contribution < -0.4 is 5.32 Å². The average Bonchev–Trinajstić information content (AvgIpc) is 3.47. The fourth-order valence-corrected chi connectivity index (χ4v) is 4.51. The van der Waals surface area contributed by atoms with Crippen LogP contribution in [0.5, 0.6) is 0 Å². The van der Waals surface area contributed by atoms with Crippen LogP contribution in [0.2, 0.25) is 0 Å². The molecular weight excluding hydrogens is 418 g/mol. The molecule has 1 aliphatic carbocycles. The van der Waals surface area contributed by atoms with Crippen LogP contribution in [0.4, 0.5) is 28.0 Å². The predicted octanol–water partition coefficient (Wildman–Crippen LogP) is 3.22. The Morgan fingerprint density at radius 1 is 1.29 bits per heavy atom. The summed E-state index contributed by atoms with van der Waals surface area (Å²) in [5.74, 6) is -2.40. The lowest BCUT2D eigenvalue weighted by atomic mass is 9.98. The number of aromatic nitrogens is 2. The number of urea groups is 1. The Hall–Kier alpha value is -3.37. The van der Waals surface area contributed by atoms with Crippen LogP contribution in [0.1, 0.15) is 24.1 Å². The van der Waals surface area contributed by atoms with Crippen LogP contribution in [0.15, 0.2) is 30.6 Å². The van der Waals surface area contributed by atoms with Crippen molar-refractivity contribution in [3.05, 3.63) is 53.4 Å². The number of halogens is 4. The molecule has 0 spiro atoms. The van der Waals surface area contributed by atoms with Gasteiger partial charge in [-0.05, 0) is 24.1 Å². The number of nitrogens with zero attached hydrogens (tertiary/aromatic N) is 4. The number of benzene rings is 1. The lowest BCUT2D eigenvalue weighted by molar-refractivity contribution is -0.132. The molecule has 0 unspecified atom stereocenters. The van der Waals surface area contributed by atoms with Crippen LogP contribution >= 0.6 is 0 Å². The third-order valence-corrected chi connectivity index (χ3v) is 6.01. The zero-order valence-corrected chi connectivity index (χ0v) is 16.1. The van der Waals surface area contributed by atoms with Gasteiger partial charge in [0, 0.05) is 29.8 Å². The first-order valence-corrected chi connectivity index (χ1v) is 9.68. The van der Waals surface area contributed by atoms with Crippen LogP contribution in [-0.4, -0.2) is 50.6 Å². The molecular formula is C20H17F4N5O2. The topological polar surface area (TPSA) is 70.5 Å². The third-order valence-electron chi connectivity index (χ3n) is 6.01. The van der Waals surface area contributed by atoms with E-state index < -0.39 is 24.2 Å². The summed E-state index contributed by atoms with van der Waals surface area (Å²) >= 11 is 0. The molecule has 3 heterocycles. The van der Waals surface area contributed by atoms with E-state index in [0.29, 0.717) is 23.2 Å². The van der Waals surface area contributed by atoms with E-state index in [-0.39, 0.29) is 42.2 Å². The molecule has 0 radical (unpaired) electrons. The number of anilines is 1. The minimum absolute atomic E-state index is 0.00596. The molecule has 3 amide bonds. The van der Waals surface area contributed by atoms with Crippen molar-refractivity contribution in [2.24, 2.45) is 5.92 Å². The van der Waals surface area contributed by atoms with E-state index in [2.05, 4.69) is 10.4 Å². The Bertz CT molecular complexity index is 1110. The molecule has 1 aromatic heterocycles. The zero-order valence-electron chi connectivity index (χ0n) is 16.1. The summed E-state index contributed by atoms with van der Waals surface area (Å²) in [5, 5.41) is 6.13. The number of alkyl halides is 2. The number of hydrogen-bond acceptors (Lipinski definition) is 3. The number of likely N-dealkylation sites (tertiary alicyclic amines) is 1. The van der Waals surface area contributed by atoms with Crippen LogP contribution in [0.3, 0.4) is 0 Å². The summed E-state index contributed by atoms with van der Waals surface area (Å²) in [6.07, 6.45) is 5.19. The van der Waals surface area contributed by atoms with Crippen molar-refractivity contribution >= 4 is 23.2 Å². The predicted molar refractivity (Wildman–Crippen MR) is 101 cm³/mol. The molecule has 1 aromatic carbocycles. The Morgan fingerprint density at radius 2 is 2.10 bits per heavy atom. The Labute approximate surface area is 173 Å². The fourth-order valence-electron chi connectivity index (χ4n) is 4.51. The van der Waals surface area contributed by atoms with Gasteiger partial charge in [0.25, 0.3) is 0 Å². The van der Waals surface area contributed by atoms with Crippen molar-refractivity contribution in [2.45, 2.75) is 25.6 Å². The van der Waals surface area contributed by atoms with Crippen LogP contribution in [0.25, 0.3) is 5.57 Å². The van der Waals surface area contributed by atoms with Crippen molar-refractivity contribution in [1.29, 1.82) is 0 Å². The van der Waals surface area contributed by atoms with Gasteiger partial charge in [0.1, 0.15) is 6.54 Å². The Kier molecular flexibility index (Phi) is 4.49. The van der Waals surface area contributed by atoms with E-state index in [1.165, 1.54) is 18.5 Å². The molecule has 1 fully saturated rings. The van der Waals surface area contributed by atoms with Gasteiger partial charge < -0.3 is 15.1 Å². The second-order valence-corrected chi connectivity index (χ2v) is 7.83. The zero-order chi connectivity index (χ0) is 21.9. The van der Waals surface area contributed by atoms with E-state index in [1.807, 2.05) is 6.08 Å². The molecule has 0 saturated carbocycles. The second-order valence-electron chi connectivity index (χ2n) is 7.83. The third kappa shape index (κ3) is 3.24. The lowest BCUT2D eigenvalue weighted by Gasteiger charge is -2.32. The quantitative estimate of drug-likeness (QED) is 0.750. The van der Waals surface area contributed by atoms with E-state index in [9.17, 15) is 27.2 Å². The lowest BCUT2D eigenvalue weighted by Crippen LogP contribution is -2.47. The van der Waals surface area contributed by atoms with Crippen molar-refractivity contribution in [3.8, 4) is 0 Å². The maximum Gasteiger partial charge on any atom is 0.333 e. The van der Waals surface area contributed by atoms with Crippen molar-refractivity contribution in [2.75, 3.05) is 18.4 Å². The van der Waals surface area contributed by atoms with Gasteiger partial charge in [-0.3, -0.25) is 4.79 Å². The molecule has 162 valence electrons. The highest BCUT2D eigenvalue weighted by Gasteiger charge is 2.42. The first-order valence-electron chi connectivity index (χ1n) is 9.68.